The van der Waals surface area contributed by atoms with Gasteiger partial charge in [0.25, 0.3) is 5.91 Å². The highest BCUT2D eigenvalue weighted by atomic mass is 16.5. The molecule has 0 saturated heterocycles. The number of rotatable bonds is 14. The van der Waals surface area contributed by atoms with Crippen molar-refractivity contribution in [2.75, 3.05) is 68.0 Å². The highest BCUT2D eigenvalue weighted by Crippen LogP contribution is 2.29. The predicted molar refractivity (Wildman–Crippen MR) is 177 cm³/mol. The number of para-hydroxylation sites is 2. The van der Waals surface area contributed by atoms with E-state index >= 15 is 0 Å². The van der Waals surface area contributed by atoms with Crippen molar-refractivity contribution in [1.82, 2.24) is 5.32 Å². The van der Waals surface area contributed by atoms with Gasteiger partial charge in [-0.1, -0.05) is 44.2 Å². The third-order valence-corrected chi connectivity index (χ3v) is 7.01. The minimum absolute atomic E-state index is 0.0734. The zero-order chi connectivity index (χ0) is 32.9. The summed E-state index contributed by atoms with van der Waals surface area (Å²) in [5.41, 5.74) is 3.35. The number of hydrogen-bond donors (Lipinski definition) is 2. The number of carbonyl (C=O) groups excluding carboxylic acids is 4. The number of benzene rings is 3. The van der Waals surface area contributed by atoms with Gasteiger partial charge < -0.3 is 34.8 Å². The summed E-state index contributed by atoms with van der Waals surface area (Å²) in [5.74, 6) is -0.292. The Hall–Kier alpha value is -5.06. The average Bonchev–Trinajstić information content (AvgIpc) is 3.02. The van der Waals surface area contributed by atoms with Gasteiger partial charge >= 0.3 is 12.0 Å². The molecule has 0 fully saturated rings. The Balaban J connectivity index is 1.68. The second kappa shape index (κ2) is 16.7. The Labute approximate surface area is 265 Å². The summed E-state index contributed by atoms with van der Waals surface area (Å²) in [4.78, 5) is 55.9. The fourth-order valence-electron chi connectivity index (χ4n) is 4.35. The van der Waals surface area contributed by atoms with Crippen LogP contribution in [0.4, 0.5) is 27.5 Å². The van der Waals surface area contributed by atoms with Crippen LogP contribution in [0, 0.1) is 5.92 Å². The van der Waals surface area contributed by atoms with Crippen LogP contribution in [-0.2, 0) is 25.5 Å². The Morgan fingerprint density at radius 1 is 0.844 bits per heavy atom. The molecule has 0 radical (unpaired) electrons. The third kappa shape index (κ3) is 10.6. The third-order valence-electron chi connectivity index (χ3n) is 7.01. The monoisotopic (exact) mass is 617 g/mol. The summed E-state index contributed by atoms with van der Waals surface area (Å²) in [7, 11) is 6.87. The molecule has 4 amide bonds. The molecule has 0 heterocycles. The lowest BCUT2D eigenvalue weighted by molar-refractivity contribution is -0.139. The van der Waals surface area contributed by atoms with Gasteiger partial charge in [-0.3, -0.25) is 14.4 Å². The molecule has 11 heteroatoms. The molecular formula is C34H43N5O6. The van der Waals surface area contributed by atoms with Crippen molar-refractivity contribution >= 4 is 46.6 Å². The summed E-state index contributed by atoms with van der Waals surface area (Å²) >= 11 is 0. The van der Waals surface area contributed by atoms with E-state index in [0.29, 0.717) is 41.6 Å². The van der Waals surface area contributed by atoms with E-state index in [1.807, 2.05) is 43.3 Å². The molecule has 0 aliphatic heterocycles. The molecule has 0 bridgehead atoms. The van der Waals surface area contributed by atoms with Crippen molar-refractivity contribution in [2.24, 2.45) is 5.92 Å². The Bertz CT molecular complexity index is 1470. The van der Waals surface area contributed by atoms with Crippen LogP contribution in [0.3, 0.4) is 0 Å². The standard InChI is InChI=1S/C34H43N5O6/c1-24(2)17-18-39(31(40)22-35-34(43)36-26-12-9-11-25(19-26)20-33(42)44-6)29-15-7-8-16-30(29)45-23-32(41)38(5)28-14-10-13-27(21-28)37(3)4/h7-16,19,21,24H,17-18,20,22-23H2,1-6H3,(H2,35,36,43). The number of esters is 1. The quantitative estimate of drug-likeness (QED) is 0.252. The van der Waals surface area contributed by atoms with Gasteiger partial charge in [0.05, 0.1) is 25.8 Å². The van der Waals surface area contributed by atoms with Crippen molar-refractivity contribution in [3.8, 4) is 5.75 Å². The number of ether oxygens (including phenoxy) is 2. The van der Waals surface area contributed by atoms with Gasteiger partial charge in [-0.2, -0.15) is 0 Å². The van der Waals surface area contributed by atoms with Crippen molar-refractivity contribution in [2.45, 2.75) is 26.7 Å². The molecule has 0 atom stereocenters. The van der Waals surface area contributed by atoms with Gasteiger partial charge in [-0.05, 0) is 60.4 Å². The van der Waals surface area contributed by atoms with Crippen LogP contribution in [0.5, 0.6) is 5.75 Å². The number of nitrogens with zero attached hydrogens (tertiary/aromatic N) is 3. The smallest absolute Gasteiger partial charge is 0.319 e. The molecule has 0 spiro atoms. The number of anilines is 4. The lowest BCUT2D eigenvalue weighted by Gasteiger charge is -2.26. The molecule has 0 saturated carbocycles. The average molecular weight is 618 g/mol. The van der Waals surface area contributed by atoms with Crippen LogP contribution in [0.2, 0.25) is 0 Å². The molecule has 3 aromatic rings. The number of carbonyl (C=O) groups is 4. The van der Waals surface area contributed by atoms with Crippen LogP contribution >= 0.6 is 0 Å². The van der Waals surface area contributed by atoms with Gasteiger partial charge in [0, 0.05) is 44.7 Å². The van der Waals surface area contributed by atoms with Crippen LogP contribution in [0.25, 0.3) is 0 Å². The molecule has 240 valence electrons. The molecule has 0 aromatic heterocycles. The van der Waals surface area contributed by atoms with E-state index in [2.05, 4.69) is 24.5 Å². The predicted octanol–water partition coefficient (Wildman–Crippen LogP) is 4.71. The first kappa shape index (κ1) is 34.4. The summed E-state index contributed by atoms with van der Waals surface area (Å²) in [6.07, 6.45) is 0.785. The summed E-state index contributed by atoms with van der Waals surface area (Å²) in [6, 6.07) is 20.9. The van der Waals surface area contributed by atoms with Crippen LogP contribution < -0.4 is 30.1 Å². The maximum atomic E-state index is 13.5. The van der Waals surface area contributed by atoms with Crippen LogP contribution in [0.1, 0.15) is 25.8 Å². The Kier molecular flexibility index (Phi) is 12.8. The Morgan fingerprint density at radius 2 is 1.56 bits per heavy atom. The molecule has 3 aromatic carbocycles. The Morgan fingerprint density at radius 3 is 2.27 bits per heavy atom. The fraction of sp³-hybridized carbons (Fsp3) is 0.353. The lowest BCUT2D eigenvalue weighted by Crippen LogP contribution is -2.42. The normalized spacial score (nSPS) is 10.6. The first-order valence-electron chi connectivity index (χ1n) is 14.7. The van der Waals surface area contributed by atoms with Crippen molar-refractivity contribution in [3.05, 3.63) is 78.4 Å². The highest BCUT2D eigenvalue weighted by Gasteiger charge is 2.22. The summed E-state index contributed by atoms with van der Waals surface area (Å²) in [6.45, 7) is 4.00. The van der Waals surface area contributed by atoms with E-state index in [9.17, 15) is 19.2 Å². The number of amides is 4. The molecule has 3 rings (SSSR count). The van der Waals surface area contributed by atoms with Crippen LogP contribution in [-0.4, -0.2) is 71.8 Å². The SMILES string of the molecule is COC(=O)Cc1cccc(NC(=O)NCC(=O)N(CCC(C)C)c2ccccc2OCC(=O)N(C)c2cccc(N(C)C)c2)c1. The van der Waals surface area contributed by atoms with Gasteiger partial charge in [0.15, 0.2) is 6.61 Å². The molecule has 0 aliphatic rings. The van der Waals surface area contributed by atoms with Gasteiger partial charge in [0.2, 0.25) is 5.91 Å². The maximum absolute atomic E-state index is 13.5. The zero-order valence-electron chi connectivity index (χ0n) is 26.8. The van der Waals surface area contributed by atoms with Gasteiger partial charge in [0.1, 0.15) is 5.75 Å². The van der Waals surface area contributed by atoms with Crippen LogP contribution in [0.15, 0.2) is 72.8 Å². The topological polar surface area (TPSA) is 121 Å². The first-order chi connectivity index (χ1) is 21.5. The van der Waals surface area contributed by atoms with E-state index in [1.165, 1.54) is 12.0 Å². The maximum Gasteiger partial charge on any atom is 0.319 e. The van der Waals surface area contributed by atoms with Gasteiger partial charge in [-0.25, -0.2) is 4.79 Å². The molecule has 45 heavy (non-hydrogen) atoms. The lowest BCUT2D eigenvalue weighted by atomic mass is 10.1. The minimum atomic E-state index is -0.570. The van der Waals surface area contributed by atoms with E-state index in [0.717, 1.165) is 11.4 Å². The van der Waals surface area contributed by atoms with Gasteiger partial charge in [-0.15, -0.1) is 0 Å². The number of methoxy groups -OCH3 is 1. The molecular weight excluding hydrogens is 574 g/mol. The second-order valence-electron chi connectivity index (χ2n) is 11.1. The minimum Gasteiger partial charge on any atom is -0.482 e. The van der Waals surface area contributed by atoms with Crippen molar-refractivity contribution < 1.29 is 28.7 Å². The number of hydrogen-bond acceptors (Lipinski definition) is 7. The molecule has 2 N–H and O–H groups in total. The van der Waals surface area contributed by atoms with E-state index < -0.39 is 6.03 Å². The van der Waals surface area contributed by atoms with E-state index in [-0.39, 0.29) is 37.4 Å². The molecule has 0 aliphatic carbocycles. The first-order valence-corrected chi connectivity index (χ1v) is 14.7. The van der Waals surface area contributed by atoms with Crippen molar-refractivity contribution in [1.29, 1.82) is 0 Å². The fourth-order valence-corrected chi connectivity index (χ4v) is 4.35. The molecule has 11 nitrogen and oxygen atoms in total. The summed E-state index contributed by atoms with van der Waals surface area (Å²) in [5, 5.41) is 5.31. The van der Waals surface area contributed by atoms with E-state index in [1.54, 1.807) is 60.5 Å². The largest absolute Gasteiger partial charge is 0.482 e. The van der Waals surface area contributed by atoms with Crippen molar-refractivity contribution in [3.63, 3.8) is 0 Å². The molecule has 0 unspecified atom stereocenters. The second-order valence-corrected chi connectivity index (χ2v) is 11.1. The highest BCUT2D eigenvalue weighted by molar-refractivity contribution is 6.00. The number of urea groups is 1. The van der Waals surface area contributed by atoms with E-state index in [4.69, 9.17) is 9.47 Å². The zero-order valence-corrected chi connectivity index (χ0v) is 26.8. The number of likely N-dealkylation sites (N-methyl/N-ethyl adjacent to an activating group) is 1. The number of nitrogens with one attached hydrogen (secondary N) is 2. The summed E-state index contributed by atoms with van der Waals surface area (Å²) < 4.78 is 10.7.